The van der Waals surface area contributed by atoms with Crippen LogP contribution in [0.3, 0.4) is 0 Å². The predicted octanol–water partition coefficient (Wildman–Crippen LogP) is 1.18. The smallest absolute Gasteiger partial charge is 0.336 e. The molecule has 1 heterocycles. The first-order valence-corrected chi connectivity index (χ1v) is 6.45. The van der Waals surface area contributed by atoms with Gasteiger partial charge in [0.05, 0.1) is 6.16 Å². The summed E-state index contributed by atoms with van der Waals surface area (Å²) in [5.74, 6) is -0.0889. The Labute approximate surface area is 95.3 Å². The molecule has 0 aliphatic rings. The Hall–Kier alpha value is -1.62. The summed E-state index contributed by atoms with van der Waals surface area (Å²) in [7, 11) is -4.27. The van der Waals surface area contributed by atoms with Crippen molar-refractivity contribution in [2.75, 3.05) is 0 Å². The molecular formula is C10H9O6P. The van der Waals surface area contributed by atoms with Gasteiger partial charge in [0, 0.05) is 17.5 Å². The predicted molar refractivity (Wildman–Crippen MR) is 59.9 cm³/mol. The maximum atomic E-state index is 11.2. The van der Waals surface area contributed by atoms with Crippen LogP contribution in [-0.2, 0) is 10.7 Å². The summed E-state index contributed by atoms with van der Waals surface area (Å²) >= 11 is 0. The highest BCUT2D eigenvalue weighted by Gasteiger charge is 2.17. The molecule has 0 unspecified atom stereocenters. The molecule has 0 spiro atoms. The zero-order valence-corrected chi connectivity index (χ0v) is 9.42. The number of aromatic hydroxyl groups is 1. The second-order valence-corrected chi connectivity index (χ2v) is 5.24. The molecule has 7 heteroatoms. The molecule has 17 heavy (non-hydrogen) atoms. The van der Waals surface area contributed by atoms with Crippen molar-refractivity contribution in [1.29, 1.82) is 0 Å². The van der Waals surface area contributed by atoms with Crippen LogP contribution in [0.1, 0.15) is 5.56 Å². The van der Waals surface area contributed by atoms with Gasteiger partial charge >= 0.3 is 13.2 Å². The molecule has 0 atom stereocenters. The monoisotopic (exact) mass is 256 g/mol. The van der Waals surface area contributed by atoms with Crippen LogP contribution < -0.4 is 5.63 Å². The number of hydrogen-bond donors (Lipinski definition) is 3. The molecule has 0 saturated carbocycles. The maximum Gasteiger partial charge on any atom is 0.336 e. The third kappa shape index (κ3) is 2.74. The van der Waals surface area contributed by atoms with E-state index in [-0.39, 0.29) is 16.9 Å². The molecule has 90 valence electrons. The maximum absolute atomic E-state index is 11.2. The lowest BCUT2D eigenvalue weighted by Crippen LogP contribution is -2.01. The van der Waals surface area contributed by atoms with E-state index in [9.17, 15) is 14.5 Å². The number of rotatable bonds is 2. The molecule has 3 N–H and O–H groups in total. The van der Waals surface area contributed by atoms with Crippen molar-refractivity contribution in [1.82, 2.24) is 0 Å². The van der Waals surface area contributed by atoms with Crippen LogP contribution >= 0.6 is 7.60 Å². The summed E-state index contributed by atoms with van der Waals surface area (Å²) in [6.45, 7) is 0. The molecule has 0 aliphatic heterocycles. The summed E-state index contributed by atoms with van der Waals surface area (Å²) in [5, 5.41) is 9.62. The minimum atomic E-state index is -4.27. The lowest BCUT2D eigenvalue weighted by molar-refractivity contribution is 0.372. The van der Waals surface area contributed by atoms with Gasteiger partial charge in [0.2, 0.25) is 0 Å². The van der Waals surface area contributed by atoms with Crippen LogP contribution in [0.5, 0.6) is 5.75 Å². The molecule has 0 fully saturated rings. The van der Waals surface area contributed by atoms with Crippen LogP contribution in [0.25, 0.3) is 11.0 Å². The average Bonchev–Trinajstić information content (AvgIpc) is 2.13. The van der Waals surface area contributed by atoms with E-state index in [1.165, 1.54) is 18.2 Å². The Bertz CT molecular complexity index is 668. The first-order valence-electron chi connectivity index (χ1n) is 4.65. The van der Waals surface area contributed by atoms with Crippen molar-refractivity contribution in [2.45, 2.75) is 6.16 Å². The van der Waals surface area contributed by atoms with Crippen molar-refractivity contribution in [3.63, 3.8) is 0 Å². The molecule has 0 saturated heterocycles. The van der Waals surface area contributed by atoms with E-state index in [0.717, 1.165) is 6.07 Å². The van der Waals surface area contributed by atoms with Crippen molar-refractivity contribution < 1.29 is 23.9 Å². The van der Waals surface area contributed by atoms with E-state index in [1.807, 2.05) is 0 Å². The highest BCUT2D eigenvalue weighted by atomic mass is 31.2. The first-order chi connectivity index (χ1) is 7.85. The minimum absolute atomic E-state index is 0.0889. The summed E-state index contributed by atoms with van der Waals surface area (Å²) < 4.78 is 15.8. The molecule has 1 aromatic carbocycles. The van der Waals surface area contributed by atoms with Crippen LogP contribution in [0.15, 0.2) is 33.5 Å². The number of benzene rings is 1. The zero-order valence-electron chi connectivity index (χ0n) is 8.53. The zero-order chi connectivity index (χ0) is 12.6. The SMILES string of the molecule is O=c1cc(CP(=O)(O)O)c2ccc(O)cc2o1. The Morgan fingerprint density at radius 1 is 1.24 bits per heavy atom. The molecule has 0 aliphatic carbocycles. The second-order valence-electron chi connectivity index (χ2n) is 3.59. The standard InChI is InChI=1S/C10H9O6P/c11-7-1-2-8-6(5-17(13,14)15)3-10(12)16-9(8)4-7/h1-4,11H,5H2,(H2,13,14,15). The fraction of sp³-hybridized carbons (Fsp3) is 0.100. The third-order valence-corrected chi connectivity index (χ3v) is 2.94. The molecule has 1 aromatic heterocycles. The summed E-state index contributed by atoms with van der Waals surface area (Å²) in [6, 6.07) is 5.06. The van der Waals surface area contributed by atoms with Crippen molar-refractivity contribution in [2.24, 2.45) is 0 Å². The van der Waals surface area contributed by atoms with Crippen LogP contribution in [0.4, 0.5) is 0 Å². The normalized spacial score (nSPS) is 11.9. The van der Waals surface area contributed by atoms with E-state index in [2.05, 4.69) is 0 Å². The quantitative estimate of drug-likeness (QED) is 0.550. The van der Waals surface area contributed by atoms with Gasteiger partial charge in [-0.15, -0.1) is 0 Å². The molecule has 0 bridgehead atoms. The molecule has 2 aromatic rings. The molecule has 6 nitrogen and oxygen atoms in total. The fourth-order valence-electron chi connectivity index (χ4n) is 1.57. The van der Waals surface area contributed by atoms with Gasteiger partial charge in [-0.2, -0.15) is 0 Å². The Balaban J connectivity index is 2.70. The highest BCUT2D eigenvalue weighted by molar-refractivity contribution is 7.50. The Kier molecular flexibility index (Phi) is 2.79. The van der Waals surface area contributed by atoms with Crippen molar-refractivity contribution in [3.8, 4) is 5.75 Å². The lowest BCUT2D eigenvalue weighted by atomic mass is 10.1. The summed E-state index contributed by atoms with van der Waals surface area (Å²) in [5.41, 5.74) is -0.419. The summed E-state index contributed by atoms with van der Waals surface area (Å²) in [4.78, 5) is 29.0. The highest BCUT2D eigenvalue weighted by Crippen LogP contribution is 2.40. The van der Waals surface area contributed by atoms with E-state index >= 15 is 0 Å². The van der Waals surface area contributed by atoms with Gasteiger partial charge < -0.3 is 19.3 Å². The molecule has 2 rings (SSSR count). The van der Waals surface area contributed by atoms with E-state index < -0.39 is 19.4 Å². The van der Waals surface area contributed by atoms with Crippen molar-refractivity contribution >= 4 is 18.6 Å². The van der Waals surface area contributed by atoms with Gasteiger partial charge in [0.15, 0.2) is 0 Å². The van der Waals surface area contributed by atoms with Gasteiger partial charge in [-0.3, -0.25) is 4.57 Å². The largest absolute Gasteiger partial charge is 0.508 e. The molecule has 0 radical (unpaired) electrons. The topological polar surface area (TPSA) is 108 Å². The van der Waals surface area contributed by atoms with E-state index in [1.54, 1.807) is 0 Å². The Morgan fingerprint density at radius 2 is 1.94 bits per heavy atom. The van der Waals surface area contributed by atoms with Gasteiger partial charge in [0.1, 0.15) is 11.3 Å². The lowest BCUT2D eigenvalue weighted by Gasteiger charge is -2.06. The third-order valence-electron chi connectivity index (χ3n) is 2.19. The van der Waals surface area contributed by atoms with Crippen molar-refractivity contribution in [3.05, 3.63) is 40.2 Å². The Morgan fingerprint density at radius 3 is 2.59 bits per heavy atom. The number of hydrogen-bond acceptors (Lipinski definition) is 4. The molecule has 0 amide bonds. The van der Waals surface area contributed by atoms with Crippen LogP contribution in [-0.4, -0.2) is 14.9 Å². The minimum Gasteiger partial charge on any atom is -0.508 e. The van der Waals surface area contributed by atoms with Gasteiger partial charge in [-0.25, -0.2) is 4.79 Å². The summed E-state index contributed by atoms with van der Waals surface area (Å²) in [6.07, 6.45) is -0.542. The van der Waals surface area contributed by atoms with Crippen LogP contribution in [0.2, 0.25) is 0 Å². The number of phenolic OH excluding ortho intramolecular Hbond substituents is 1. The van der Waals surface area contributed by atoms with Crippen LogP contribution in [0, 0.1) is 0 Å². The van der Waals surface area contributed by atoms with E-state index in [0.29, 0.717) is 5.39 Å². The van der Waals surface area contributed by atoms with Gasteiger partial charge in [0.25, 0.3) is 0 Å². The fourth-order valence-corrected chi connectivity index (χ4v) is 2.28. The number of phenols is 1. The van der Waals surface area contributed by atoms with Gasteiger partial charge in [-0.1, -0.05) is 0 Å². The second kappa shape index (κ2) is 4.00. The van der Waals surface area contributed by atoms with E-state index in [4.69, 9.17) is 14.2 Å². The number of fused-ring (bicyclic) bond motifs is 1. The average molecular weight is 256 g/mol. The molecular weight excluding hydrogens is 247 g/mol. The first kappa shape index (κ1) is 11.9. The van der Waals surface area contributed by atoms with Gasteiger partial charge in [-0.05, 0) is 17.7 Å².